The lowest BCUT2D eigenvalue weighted by Crippen LogP contribution is -2.33. The monoisotopic (exact) mass is 356 g/mol. The predicted molar refractivity (Wildman–Crippen MR) is 96.8 cm³/mol. The molecule has 0 bridgehead atoms. The van der Waals surface area contributed by atoms with Crippen LogP contribution in [0.15, 0.2) is 40.9 Å². The molecule has 1 aliphatic carbocycles. The molecule has 1 aromatic heterocycles. The number of hydrogen-bond donors (Lipinski definition) is 2. The topological polar surface area (TPSA) is 92.4 Å². The average molecular weight is 356 g/mol. The van der Waals surface area contributed by atoms with Crippen molar-refractivity contribution in [3.8, 4) is 0 Å². The van der Waals surface area contributed by atoms with E-state index in [2.05, 4.69) is 10.5 Å². The molecule has 138 valence electrons. The molecule has 2 aromatic rings. The quantitative estimate of drug-likeness (QED) is 0.782. The van der Waals surface area contributed by atoms with Crippen LogP contribution in [0.1, 0.15) is 49.3 Å². The summed E-state index contributed by atoms with van der Waals surface area (Å²) in [5, 5.41) is 16.4. The van der Waals surface area contributed by atoms with Gasteiger partial charge in [0.15, 0.2) is 5.82 Å². The molecule has 1 amide bonds. The highest BCUT2D eigenvalue weighted by Gasteiger charge is 2.37. The van der Waals surface area contributed by atoms with Gasteiger partial charge in [-0.3, -0.25) is 9.59 Å². The van der Waals surface area contributed by atoms with E-state index in [1.807, 2.05) is 30.3 Å². The molecular formula is C20H24N2O4. The van der Waals surface area contributed by atoms with Crippen LogP contribution in [0.25, 0.3) is 0 Å². The van der Waals surface area contributed by atoms with Crippen molar-refractivity contribution in [1.29, 1.82) is 0 Å². The molecule has 0 aliphatic heterocycles. The summed E-state index contributed by atoms with van der Waals surface area (Å²) in [6.07, 6.45) is 4.86. The first-order valence-corrected chi connectivity index (χ1v) is 9.06. The van der Waals surface area contributed by atoms with Crippen LogP contribution in [0.5, 0.6) is 0 Å². The maximum atomic E-state index is 13.0. The molecule has 0 saturated heterocycles. The van der Waals surface area contributed by atoms with Gasteiger partial charge in [0.2, 0.25) is 5.91 Å². The molecule has 26 heavy (non-hydrogen) atoms. The van der Waals surface area contributed by atoms with Gasteiger partial charge in [0, 0.05) is 6.07 Å². The van der Waals surface area contributed by atoms with Gasteiger partial charge < -0.3 is 14.9 Å². The highest BCUT2D eigenvalue weighted by atomic mass is 16.5. The van der Waals surface area contributed by atoms with E-state index in [1.54, 1.807) is 13.0 Å². The predicted octanol–water partition coefficient (Wildman–Crippen LogP) is 3.99. The SMILES string of the molecule is Cc1cc(NC(=O)C(c2ccccc2)C(CC2CCCC2)C(=O)O)no1. The lowest BCUT2D eigenvalue weighted by Gasteiger charge is -2.25. The number of carboxylic acid groups (broad SMARTS) is 1. The van der Waals surface area contributed by atoms with E-state index >= 15 is 0 Å². The van der Waals surface area contributed by atoms with Crippen molar-refractivity contribution < 1.29 is 19.2 Å². The first-order valence-electron chi connectivity index (χ1n) is 9.06. The standard InChI is InChI=1S/C20H24N2O4/c1-13-11-17(22-26-13)21-19(23)18(15-9-3-2-4-10-15)16(20(24)25)12-14-7-5-6-8-14/h2-4,9-11,14,16,18H,5-8,12H2,1H3,(H,24,25)(H,21,22,23). The third kappa shape index (κ3) is 4.31. The highest BCUT2D eigenvalue weighted by molar-refractivity contribution is 5.98. The second-order valence-corrected chi connectivity index (χ2v) is 7.03. The smallest absolute Gasteiger partial charge is 0.307 e. The van der Waals surface area contributed by atoms with E-state index in [4.69, 9.17) is 4.52 Å². The fraction of sp³-hybridized carbons (Fsp3) is 0.450. The fourth-order valence-corrected chi connectivity index (χ4v) is 3.84. The molecule has 1 saturated carbocycles. The molecule has 1 heterocycles. The van der Waals surface area contributed by atoms with Gasteiger partial charge in [0.05, 0.1) is 11.8 Å². The number of rotatable bonds is 7. The third-order valence-electron chi connectivity index (χ3n) is 5.10. The second-order valence-electron chi connectivity index (χ2n) is 7.03. The first kappa shape index (κ1) is 18.2. The van der Waals surface area contributed by atoms with Crippen LogP contribution in [0, 0.1) is 18.8 Å². The Labute approximate surface area is 152 Å². The zero-order chi connectivity index (χ0) is 18.5. The van der Waals surface area contributed by atoms with Crippen LogP contribution in [0.4, 0.5) is 5.82 Å². The highest BCUT2D eigenvalue weighted by Crippen LogP contribution is 2.37. The van der Waals surface area contributed by atoms with E-state index in [9.17, 15) is 14.7 Å². The van der Waals surface area contributed by atoms with Crippen molar-refractivity contribution >= 4 is 17.7 Å². The number of anilines is 1. The number of carbonyl (C=O) groups is 2. The zero-order valence-electron chi connectivity index (χ0n) is 14.9. The van der Waals surface area contributed by atoms with E-state index in [0.717, 1.165) is 25.7 Å². The molecule has 6 nitrogen and oxygen atoms in total. The number of nitrogens with one attached hydrogen (secondary N) is 1. The number of carboxylic acids is 1. The van der Waals surface area contributed by atoms with Crippen molar-refractivity contribution in [3.63, 3.8) is 0 Å². The lowest BCUT2D eigenvalue weighted by atomic mass is 9.79. The van der Waals surface area contributed by atoms with Crippen LogP contribution in [0.3, 0.4) is 0 Å². The number of amides is 1. The van der Waals surface area contributed by atoms with E-state index in [1.165, 1.54) is 0 Å². The summed E-state index contributed by atoms with van der Waals surface area (Å²) in [6.45, 7) is 1.73. The van der Waals surface area contributed by atoms with Crippen molar-refractivity contribution in [2.45, 2.75) is 44.9 Å². The third-order valence-corrected chi connectivity index (χ3v) is 5.10. The Kier molecular flexibility index (Phi) is 5.71. The number of carbonyl (C=O) groups excluding carboxylic acids is 1. The largest absolute Gasteiger partial charge is 0.481 e. The second kappa shape index (κ2) is 8.17. The minimum atomic E-state index is -0.933. The summed E-state index contributed by atoms with van der Waals surface area (Å²) < 4.78 is 4.99. The number of aromatic nitrogens is 1. The van der Waals surface area contributed by atoms with E-state index < -0.39 is 17.8 Å². The van der Waals surface area contributed by atoms with Crippen molar-refractivity contribution in [3.05, 3.63) is 47.7 Å². The minimum absolute atomic E-state index is 0.304. The maximum absolute atomic E-state index is 13.0. The molecule has 0 spiro atoms. The fourth-order valence-electron chi connectivity index (χ4n) is 3.84. The molecule has 1 aliphatic rings. The normalized spacial score (nSPS) is 17.0. The average Bonchev–Trinajstić information content (AvgIpc) is 3.27. The molecule has 2 atom stereocenters. The van der Waals surface area contributed by atoms with E-state index in [-0.39, 0.29) is 5.91 Å². The van der Waals surface area contributed by atoms with Crippen LogP contribution in [0.2, 0.25) is 0 Å². The Bertz CT molecular complexity index is 750. The van der Waals surface area contributed by atoms with Gasteiger partial charge in [-0.25, -0.2) is 0 Å². The van der Waals surface area contributed by atoms with Gasteiger partial charge in [-0.15, -0.1) is 0 Å². The molecule has 0 radical (unpaired) electrons. The molecule has 6 heteroatoms. The summed E-state index contributed by atoms with van der Waals surface area (Å²) in [5.41, 5.74) is 0.704. The number of aliphatic carboxylic acids is 1. The molecule has 2 unspecified atom stereocenters. The van der Waals surface area contributed by atoms with Crippen LogP contribution < -0.4 is 5.32 Å². The molecule has 1 aromatic carbocycles. The molecule has 3 rings (SSSR count). The Morgan fingerprint density at radius 3 is 2.54 bits per heavy atom. The minimum Gasteiger partial charge on any atom is -0.481 e. The van der Waals surface area contributed by atoms with Crippen molar-refractivity contribution in [2.24, 2.45) is 11.8 Å². The van der Waals surface area contributed by atoms with Gasteiger partial charge >= 0.3 is 5.97 Å². The summed E-state index contributed by atoms with van der Waals surface area (Å²) in [5.74, 6) is -1.59. The lowest BCUT2D eigenvalue weighted by molar-refractivity contribution is -0.145. The number of benzene rings is 1. The van der Waals surface area contributed by atoms with Crippen molar-refractivity contribution in [1.82, 2.24) is 5.16 Å². The Morgan fingerprint density at radius 2 is 1.96 bits per heavy atom. The van der Waals surface area contributed by atoms with Crippen molar-refractivity contribution in [2.75, 3.05) is 5.32 Å². The van der Waals surface area contributed by atoms with Crippen LogP contribution in [-0.2, 0) is 9.59 Å². The van der Waals surface area contributed by atoms with Crippen LogP contribution >= 0.6 is 0 Å². The summed E-state index contributed by atoms with van der Waals surface area (Å²) >= 11 is 0. The molecule has 1 fully saturated rings. The number of hydrogen-bond acceptors (Lipinski definition) is 4. The van der Waals surface area contributed by atoms with E-state index in [0.29, 0.717) is 29.5 Å². The van der Waals surface area contributed by atoms with Gasteiger partial charge in [-0.05, 0) is 24.8 Å². The molecule has 2 N–H and O–H groups in total. The van der Waals surface area contributed by atoms with Gasteiger partial charge in [-0.1, -0.05) is 61.2 Å². The summed E-state index contributed by atoms with van der Waals surface area (Å²) in [7, 11) is 0. The summed E-state index contributed by atoms with van der Waals surface area (Å²) in [6, 6.07) is 10.7. The number of nitrogens with zero attached hydrogens (tertiary/aromatic N) is 1. The Balaban J connectivity index is 1.87. The first-order chi connectivity index (χ1) is 12.5. The number of aryl methyl sites for hydroxylation is 1. The Hall–Kier alpha value is -2.63. The summed E-state index contributed by atoms with van der Waals surface area (Å²) in [4.78, 5) is 25.0. The zero-order valence-corrected chi connectivity index (χ0v) is 14.9. The van der Waals surface area contributed by atoms with Gasteiger partial charge in [0.25, 0.3) is 0 Å². The van der Waals surface area contributed by atoms with Crippen LogP contribution in [-0.4, -0.2) is 22.1 Å². The Morgan fingerprint density at radius 1 is 1.27 bits per heavy atom. The van der Waals surface area contributed by atoms with Gasteiger partial charge in [-0.2, -0.15) is 0 Å². The molecular weight excluding hydrogens is 332 g/mol. The van der Waals surface area contributed by atoms with Gasteiger partial charge in [0.1, 0.15) is 5.76 Å². The maximum Gasteiger partial charge on any atom is 0.307 e.